The van der Waals surface area contributed by atoms with E-state index in [0.29, 0.717) is 22.9 Å². The molecule has 0 spiro atoms. The lowest BCUT2D eigenvalue weighted by Crippen LogP contribution is -2.36. The summed E-state index contributed by atoms with van der Waals surface area (Å²) in [4.78, 5) is 4.40. The zero-order chi connectivity index (χ0) is 12.6. The largest absolute Gasteiger partial charge is 0.439 e. The van der Waals surface area contributed by atoms with Crippen LogP contribution in [0.1, 0.15) is 26.7 Å². The summed E-state index contributed by atoms with van der Waals surface area (Å²) in [7, 11) is 0. The normalized spacial score (nSPS) is 14.2. The predicted molar refractivity (Wildman–Crippen MR) is 70.2 cm³/mol. The monoisotopic (exact) mass is 252 g/mol. The second kappa shape index (κ2) is 4.31. The Morgan fingerprint density at radius 1 is 1.41 bits per heavy atom. The third-order valence-corrected chi connectivity index (χ3v) is 3.22. The van der Waals surface area contributed by atoms with Crippen LogP contribution in [-0.2, 0) is 6.42 Å². The predicted octanol–water partition coefficient (Wildman–Crippen LogP) is 3.40. The Bertz CT molecular complexity index is 528. The molecule has 2 rings (SSSR count). The van der Waals surface area contributed by atoms with Crippen molar-refractivity contribution < 1.29 is 4.42 Å². The maximum absolute atomic E-state index is 6.11. The smallest absolute Gasteiger partial charge is 0.197 e. The van der Waals surface area contributed by atoms with Crippen LogP contribution in [0.3, 0.4) is 0 Å². The first kappa shape index (κ1) is 12.4. The molecule has 0 radical (unpaired) electrons. The lowest BCUT2D eigenvalue weighted by atomic mass is 9.85. The van der Waals surface area contributed by atoms with Gasteiger partial charge in [0.05, 0.1) is 5.02 Å². The van der Waals surface area contributed by atoms with E-state index >= 15 is 0 Å². The Hall–Kier alpha value is -1.06. The third-order valence-electron chi connectivity index (χ3n) is 2.92. The van der Waals surface area contributed by atoms with E-state index in [1.54, 1.807) is 6.07 Å². The quantitative estimate of drug-likeness (QED) is 0.891. The van der Waals surface area contributed by atoms with Crippen molar-refractivity contribution >= 4 is 22.7 Å². The van der Waals surface area contributed by atoms with Crippen LogP contribution in [0.25, 0.3) is 11.1 Å². The molecule has 92 valence electrons. The summed E-state index contributed by atoms with van der Waals surface area (Å²) in [6.07, 6.45) is 0.620. The van der Waals surface area contributed by atoms with Gasteiger partial charge in [-0.2, -0.15) is 0 Å². The van der Waals surface area contributed by atoms with E-state index in [-0.39, 0.29) is 11.5 Å². The summed E-state index contributed by atoms with van der Waals surface area (Å²) in [5.41, 5.74) is 7.57. The minimum atomic E-state index is 0.00865. The highest BCUT2D eigenvalue weighted by molar-refractivity contribution is 6.34. The zero-order valence-corrected chi connectivity index (χ0v) is 11.1. The molecule has 0 aliphatic rings. The van der Waals surface area contributed by atoms with Crippen molar-refractivity contribution in [1.82, 2.24) is 4.98 Å². The highest BCUT2D eigenvalue weighted by atomic mass is 35.5. The number of para-hydroxylation sites is 1. The van der Waals surface area contributed by atoms with Crippen molar-refractivity contribution in [2.75, 3.05) is 0 Å². The number of fused-ring (bicyclic) bond motifs is 1. The van der Waals surface area contributed by atoms with Gasteiger partial charge in [0, 0.05) is 12.5 Å². The van der Waals surface area contributed by atoms with Crippen LogP contribution in [0.2, 0.25) is 5.02 Å². The van der Waals surface area contributed by atoms with E-state index in [0.717, 1.165) is 5.52 Å². The first-order valence-corrected chi connectivity index (χ1v) is 6.05. The molecule has 1 heterocycles. The van der Waals surface area contributed by atoms with Crippen LogP contribution in [0.15, 0.2) is 22.6 Å². The topological polar surface area (TPSA) is 52.0 Å². The first-order valence-electron chi connectivity index (χ1n) is 5.67. The zero-order valence-electron chi connectivity index (χ0n) is 10.3. The van der Waals surface area contributed by atoms with E-state index in [1.807, 2.05) is 12.1 Å². The van der Waals surface area contributed by atoms with E-state index in [9.17, 15) is 0 Å². The van der Waals surface area contributed by atoms with Gasteiger partial charge in [-0.3, -0.25) is 0 Å². The van der Waals surface area contributed by atoms with Crippen LogP contribution >= 0.6 is 11.6 Å². The van der Waals surface area contributed by atoms with Gasteiger partial charge < -0.3 is 10.2 Å². The molecule has 1 aromatic heterocycles. The summed E-state index contributed by atoms with van der Waals surface area (Å²) in [6, 6.07) is 5.55. The van der Waals surface area contributed by atoms with Gasteiger partial charge in [0.2, 0.25) is 0 Å². The van der Waals surface area contributed by atoms with Gasteiger partial charge in [-0.15, -0.1) is 0 Å². The van der Waals surface area contributed by atoms with Crippen molar-refractivity contribution in [1.29, 1.82) is 0 Å². The summed E-state index contributed by atoms with van der Waals surface area (Å²) in [5.74, 6) is 0.649. The summed E-state index contributed by atoms with van der Waals surface area (Å²) in [6.45, 7) is 6.31. The average Bonchev–Trinajstić information content (AvgIpc) is 2.60. The Morgan fingerprint density at radius 3 is 2.71 bits per heavy atom. The standard InChI is InChI=1S/C13H17ClN2O/c1-13(2,3)10(15)7-11-16-9-6-4-5-8(14)12(9)17-11/h4-6,10H,7,15H2,1-3H3. The van der Waals surface area contributed by atoms with E-state index < -0.39 is 0 Å². The molecule has 0 aliphatic carbocycles. The number of oxazole rings is 1. The molecule has 1 aromatic carbocycles. The number of benzene rings is 1. The molecular formula is C13H17ClN2O. The summed E-state index contributed by atoms with van der Waals surface area (Å²) >= 11 is 6.03. The van der Waals surface area contributed by atoms with Gasteiger partial charge in [0.1, 0.15) is 5.52 Å². The second-order valence-electron chi connectivity index (χ2n) is 5.37. The third kappa shape index (κ3) is 2.61. The van der Waals surface area contributed by atoms with Gasteiger partial charge in [0.25, 0.3) is 0 Å². The first-order chi connectivity index (χ1) is 7.88. The number of hydrogen-bond acceptors (Lipinski definition) is 3. The van der Waals surface area contributed by atoms with Gasteiger partial charge in [0.15, 0.2) is 11.5 Å². The highest BCUT2D eigenvalue weighted by Crippen LogP contribution is 2.26. The Labute approximate surface area is 106 Å². The molecule has 2 aromatic rings. The fraction of sp³-hybridized carbons (Fsp3) is 0.462. The van der Waals surface area contributed by atoms with Crippen molar-refractivity contribution in [2.24, 2.45) is 11.1 Å². The van der Waals surface area contributed by atoms with Gasteiger partial charge in [-0.1, -0.05) is 38.4 Å². The molecule has 0 fully saturated rings. The maximum atomic E-state index is 6.11. The molecule has 2 N–H and O–H groups in total. The summed E-state index contributed by atoms with van der Waals surface area (Å²) < 4.78 is 5.64. The molecule has 1 atom stereocenters. The van der Waals surface area contributed by atoms with Crippen LogP contribution in [-0.4, -0.2) is 11.0 Å². The van der Waals surface area contributed by atoms with Crippen LogP contribution in [0, 0.1) is 5.41 Å². The Balaban J connectivity index is 2.29. The van der Waals surface area contributed by atoms with Gasteiger partial charge in [-0.05, 0) is 17.5 Å². The molecule has 0 saturated carbocycles. The Kier molecular flexibility index (Phi) is 3.15. The number of nitrogens with two attached hydrogens (primary N) is 1. The molecule has 0 bridgehead atoms. The van der Waals surface area contributed by atoms with E-state index in [4.69, 9.17) is 21.8 Å². The maximum Gasteiger partial charge on any atom is 0.197 e. The van der Waals surface area contributed by atoms with E-state index in [2.05, 4.69) is 25.8 Å². The molecule has 0 amide bonds. The molecule has 1 unspecified atom stereocenters. The lowest BCUT2D eigenvalue weighted by Gasteiger charge is -2.25. The molecular weight excluding hydrogens is 236 g/mol. The number of rotatable bonds is 2. The average molecular weight is 253 g/mol. The van der Waals surface area contributed by atoms with Crippen molar-refractivity contribution in [3.05, 3.63) is 29.1 Å². The van der Waals surface area contributed by atoms with E-state index in [1.165, 1.54) is 0 Å². The number of halogens is 1. The van der Waals surface area contributed by atoms with Crippen molar-refractivity contribution in [3.63, 3.8) is 0 Å². The van der Waals surface area contributed by atoms with Crippen molar-refractivity contribution in [2.45, 2.75) is 33.2 Å². The molecule has 0 aliphatic heterocycles. The lowest BCUT2D eigenvalue weighted by molar-refractivity contribution is 0.303. The molecule has 3 nitrogen and oxygen atoms in total. The number of nitrogens with zero attached hydrogens (tertiary/aromatic N) is 1. The Morgan fingerprint density at radius 2 is 2.12 bits per heavy atom. The number of hydrogen-bond donors (Lipinski definition) is 1. The van der Waals surface area contributed by atoms with Crippen LogP contribution in [0.5, 0.6) is 0 Å². The number of aromatic nitrogens is 1. The molecule has 0 saturated heterocycles. The van der Waals surface area contributed by atoms with Crippen LogP contribution < -0.4 is 5.73 Å². The second-order valence-corrected chi connectivity index (χ2v) is 5.78. The SMILES string of the molecule is CC(C)(C)C(N)Cc1nc2cccc(Cl)c2o1. The fourth-order valence-corrected chi connectivity index (χ4v) is 1.75. The minimum Gasteiger partial charge on any atom is -0.439 e. The van der Waals surface area contributed by atoms with Crippen molar-refractivity contribution in [3.8, 4) is 0 Å². The minimum absolute atomic E-state index is 0.00865. The summed E-state index contributed by atoms with van der Waals surface area (Å²) in [5, 5.41) is 0.589. The molecule has 17 heavy (non-hydrogen) atoms. The van der Waals surface area contributed by atoms with Gasteiger partial charge in [-0.25, -0.2) is 4.98 Å². The van der Waals surface area contributed by atoms with Gasteiger partial charge >= 0.3 is 0 Å². The molecule has 4 heteroatoms. The van der Waals surface area contributed by atoms with Crippen LogP contribution in [0.4, 0.5) is 0 Å². The fourth-order valence-electron chi connectivity index (χ4n) is 1.54. The highest BCUT2D eigenvalue weighted by Gasteiger charge is 2.23.